The van der Waals surface area contributed by atoms with Gasteiger partial charge in [0.05, 0.1) is 40.1 Å². The number of nitriles is 1. The van der Waals surface area contributed by atoms with Crippen molar-refractivity contribution in [3.8, 4) is 34.8 Å². The molecule has 0 aromatic heterocycles. The predicted molar refractivity (Wildman–Crippen MR) is 126 cm³/mol. The fourth-order valence-corrected chi connectivity index (χ4v) is 4.27. The molecule has 0 bridgehead atoms. The lowest BCUT2D eigenvalue weighted by Crippen LogP contribution is -2.27. The summed E-state index contributed by atoms with van der Waals surface area (Å²) in [4.78, 5) is 0. The average Bonchev–Trinajstić information content (AvgIpc) is 3.29. The molecule has 3 aromatic rings. The van der Waals surface area contributed by atoms with Crippen LogP contribution in [-0.4, -0.2) is 33.5 Å². The minimum absolute atomic E-state index is 0.0887. The molecule has 8 heteroatoms. The highest BCUT2D eigenvalue weighted by Gasteiger charge is 2.46. The highest BCUT2D eigenvalue weighted by molar-refractivity contribution is 5.72. The number of phenols is 1. The van der Waals surface area contributed by atoms with E-state index in [1.807, 2.05) is 0 Å². The van der Waals surface area contributed by atoms with Crippen LogP contribution in [0.2, 0.25) is 0 Å². The molecule has 1 aliphatic heterocycles. The fourth-order valence-electron chi connectivity index (χ4n) is 4.27. The summed E-state index contributed by atoms with van der Waals surface area (Å²) in [6.07, 6.45) is 0.139. The highest BCUT2D eigenvalue weighted by atomic mass is 19.1. The van der Waals surface area contributed by atoms with E-state index in [4.69, 9.17) is 23.7 Å². The molecular formula is C27H24FNO6. The van der Waals surface area contributed by atoms with Crippen molar-refractivity contribution in [1.29, 1.82) is 5.26 Å². The van der Waals surface area contributed by atoms with Crippen molar-refractivity contribution in [3.05, 3.63) is 82.7 Å². The van der Waals surface area contributed by atoms with Crippen LogP contribution in [0.1, 0.15) is 23.1 Å². The van der Waals surface area contributed by atoms with Gasteiger partial charge in [0.15, 0.2) is 28.6 Å². The molecule has 4 rings (SSSR count). The van der Waals surface area contributed by atoms with Crippen molar-refractivity contribution < 1.29 is 33.2 Å². The van der Waals surface area contributed by atoms with E-state index in [9.17, 15) is 14.8 Å². The first-order valence-corrected chi connectivity index (χ1v) is 10.7. The number of ether oxygens (including phenoxy) is 5. The molecule has 1 aliphatic rings. The Balaban J connectivity index is 1.96. The Kier molecular flexibility index (Phi) is 6.43. The summed E-state index contributed by atoms with van der Waals surface area (Å²) in [6, 6.07) is 16.3. The molecular weight excluding hydrogens is 453 g/mol. The van der Waals surface area contributed by atoms with Crippen molar-refractivity contribution in [2.45, 2.75) is 12.0 Å². The van der Waals surface area contributed by atoms with E-state index in [0.29, 0.717) is 51.0 Å². The van der Waals surface area contributed by atoms with Crippen molar-refractivity contribution >= 4 is 5.76 Å². The number of methoxy groups -OCH3 is 4. The summed E-state index contributed by atoms with van der Waals surface area (Å²) in [7, 11) is 5.97. The van der Waals surface area contributed by atoms with E-state index in [2.05, 4.69) is 6.07 Å². The number of benzene rings is 3. The number of hydrogen-bond donors (Lipinski definition) is 1. The lowest BCUT2D eigenvalue weighted by molar-refractivity contribution is 0.0995. The number of hydrogen-bond acceptors (Lipinski definition) is 7. The van der Waals surface area contributed by atoms with Crippen LogP contribution in [0.4, 0.5) is 4.39 Å². The Hall–Kier alpha value is -4.38. The molecule has 0 saturated carbocycles. The Morgan fingerprint density at radius 1 is 0.857 bits per heavy atom. The molecule has 1 atom stereocenters. The first kappa shape index (κ1) is 23.8. The van der Waals surface area contributed by atoms with E-state index >= 15 is 0 Å². The van der Waals surface area contributed by atoms with Crippen molar-refractivity contribution in [2.24, 2.45) is 0 Å². The summed E-state index contributed by atoms with van der Waals surface area (Å²) in [5, 5.41) is 20.6. The van der Waals surface area contributed by atoms with Gasteiger partial charge in [-0.2, -0.15) is 5.26 Å². The van der Waals surface area contributed by atoms with Gasteiger partial charge in [-0.05, 0) is 48.5 Å². The minimum atomic E-state index is -1.24. The van der Waals surface area contributed by atoms with Gasteiger partial charge < -0.3 is 28.8 Å². The normalized spacial score (nSPS) is 16.9. The molecule has 0 fully saturated rings. The Bertz CT molecular complexity index is 1300. The summed E-state index contributed by atoms with van der Waals surface area (Å²) in [5.74, 6) is 1.32. The van der Waals surface area contributed by atoms with Gasteiger partial charge in [0.2, 0.25) is 5.75 Å². The number of aromatic hydroxyl groups is 1. The average molecular weight is 477 g/mol. The van der Waals surface area contributed by atoms with Crippen LogP contribution in [0, 0.1) is 17.1 Å². The zero-order chi connectivity index (χ0) is 25.2. The maximum atomic E-state index is 13.6. The summed E-state index contributed by atoms with van der Waals surface area (Å²) in [6.45, 7) is 0. The smallest absolute Gasteiger partial charge is 0.203 e. The minimum Gasteiger partial charge on any atom is -0.504 e. The van der Waals surface area contributed by atoms with Gasteiger partial charge in [-0.25, -0.2) is 4.39 Å². The maximum Gasteiger partial charge on any atom is 0.203 e. The SMILES string of the molecule is COc1ccc(C2(c3cc(OC)c(OC)c(OC)c3)CC(C#N)=C(c3ccc(F)cc3)O2)cc1O. The van der Waals surface area contributed by atoms with Crippen LogP contribution in [0.5, 0.6) is 28.7 Å². The lowest BCUT2D eigenvalue weighted by atomic mass is 9.82. The summed E-state index contributed by atoms with van der Waals surface area (Å²) in [5.41, 5.74) is 0.831. The molecule has 3 aromatic carbocycles. The quantitative estimate of drug-likeness (QED) is 0.502. The van der Waals surface area contributed by atoms with Crippen molar-refractivity contribution in [2.75, 3.05) is 28.4 Å². The molecule has 1 heterocycles. The predicted octanol–water partition coefficient (Wildman–Crippen LogP) is 5.16. The van der Waals surface area contributed by atoms with Crippen LogP contribution in [0.25, 0.3) is 5.76 Å². The standard InChI is InChI=1S/C27H24FNO6/c1-31-22-10-7-18(11-21(22)30)27(19-12-23(32-2)26(34-4)24(13-19)33-3)14-17(15-29)25(35-27)16-5-8-20(28)9-6-16/h5-13,30H,14H2,1-4H3. The largest absolute Gasteiger partial charge is 0.504 e. The van der Waals surface area contributed by atoms with E-state index in [1.165, 1.54) is 46.6 Å². The highest BCUT2D eigenvalue weighted by Crippen LogP contribution is 2.53. The van der Waals surface area contributed by atoms with Gasteiger partial charge in [0.1, 0.15) is 11.6 Å². The monoisotopic (exact) mass is 477 g/mol. The Labute approximate surface area is 202 Å². The van der Waals surface area contributed by atoms with Crippen LogP contribution in [0.15, 0.2) is 60.2 Å². The van der Waals surface area contributed by atoms with Crippen LogP contribution >= 0.6 is 0 Å². The maximum absolute atomic E-state index is 13.6. The number of rotatable bonds is 7. The Morgan fingerprint density at radius 3 is 2.00 bits per heavy atom. The molecule has 0 aliphatic carbocycles. The molecule has 0 spiro atoms. The van der Waals surface area contributed by atoms with Crippen molar-refractivity contribution in [1.82, 2.24) is 0 Å². The molecule has 0 saturated heterocycles. The first-order valence-electron chi connectivity index (χ1n) is 10.7. The fraction of sp³-hybridized carbons (Fsp3) is 0.222. The van der Waals surface area contributed by atoms with E-state index in [1.54, 1.807) is 36.4 Å². The summed E-state index contributed by atoms with van der Waals surface area (Å²) < 4.78 is 41.9. The second-order valence-electron chi connectivity index (χ2n) is 7.83. The second kappa shape index (κ2) is 9.47. The molecule has 180 valence electrons. The van der Waals surface area contributed by atoms with Crippen molar-refractivity contribution in [3.63, 3.8) is 0 Å². The van der Waals surface area contributed by atoms with Gasteiger partial charge in [-0.1, -0.05) is 6.07 Å². The number of nitrogens with zero attached hydrogens (tertiary/aromatic N) is 1. The van der Waals surface area contributed by atoms with Crippen LogP contribution in [0.3, 0.4) is 0 Å². The molecule has 0 radical (unpaired) electrons. The second-order valence-corrected chi connectivity index (χ2v) is 7.83. The molecule has 1 unspecified atom stereocenters. The van der Waals surface area contributed by atoms with Crippen LogP contribution in [-0.2, 0) is 10.3 Å². The third-order valence-corrected chi connectivity index (χ3v) is 5.99. The van der Waals surface area contributed by atoms with Gasteiger partial charge in [0, 0.05) is 23.1 Å². The zero-order valence-corrected chi connectivity index (χ0v) is 19.7. The van der Waals surface area contributed by atoms with E-state index < -0.39 is 11.4 Å². The first-order chi connectivity index (χ1) is 16.9. The topological polar surface area (TPSA) is 90.2 Å². The third kappa shape index (κ3) is 4.06. The van der Waals surface area contributed by atoms with Gasteiger partial charge in [0.25, 0.3) is 0 Å². The van der Waals surface area contributed by atoms with Gasteiger partial charge in [-0.15, -0.1) is 0 Å². The summed E-state index contributed by atoms with van der Waals surface area (Å²) >= 11 is 0. The lowest BCUT2D eigenvalue weighted by Gasteiger charge is -2.32. The zero-order valence-electron chi connectivity index (χ0n) is 19.7. The molecule has 1 N–H and O–H groups in total. The number of phenolic OH excluding ortho intramolecular Hbond substituents is 1. The van der Waals surface area contributed by atoms with E-state index in [0.717, 1.165) is 0 Å². The molecule has 7 nitrogen and oxygen atoms in total. The van der Waals surface area contributed by atoms with Gasteiger partial charge in [-0.3, -0.25) is 0 Å². The van der Waals surface area contributed by atoms with Crippen LogP contribution < -0.4 is 18.9 Å². The third-order valence-electron chi connectivity index (χ3n) is 5.99. The van der Waals surface area contributed by atoms with E-state index in [-0.39, 0.29) is 12.2 Å². The molecule has 35 heavy (non-hydrogen) atoms. The van der Waals surface area contributed by atoms with Gasteiger partial charge >= 0.3 is 0 Å². The number of halogens is 1. The molecule has 0 amide bonds. The Morgan fingerprint density at radius 2 is 1.49 bits per heavy atom.